The third-order valence-corrected chi connectivity index (χ3v) is 2.34. The lowest BCUT2D eigenvalue weighted by molar-refractivity contribution is 0.147. The SMILES string of the molecule is OC(CNCCc1ccco1)c1ccco1. The fourth-order valence-corrected chi connectivity index (χ4v) is 1.49. The predicted molar refractivity (Wildman–Crippen MR) is 58.9 cm³/mol. The van der Waals surface area contributed by atoms with Crippen LogP contribution in [0.3, 0.4) is 0 Å². The molecule has 0 aliphatic carbocycles. The fourth-order valence-electron chi connectivity index (χ4n) is 1.49. The van der Waals surface area contributed by atoms with Crippen LogP contribution in [-0.2, 0) is 6.42 Å². The molecule has 4 nitrogen and oxygen atoms in total. The second kappa shape index (κ2) is 5.53. The Morgan fingerprint density at radius 2 is 2.00 bits per heavy atom. The van der Waals surface area contributed by atoms with Gasteiger partial charge in [-0.05, 0) is 24.3 Å². The van der Waals surface area contributed by atoms with Gasteiger partial charge in [-0.1, -0.05) is 0 Å². The van der Waals surface area contributed by atoms with Crippen LogP contribution in [0, 0.1) is 0 Å². The third-order valence-electron chi connectivity index (χ3n) is 2.34. The molecule has 2 rings (SSSR count). The first-order chi connectivity index (χ1) is 7.86. The second-order valence-electron chi connectivity index (χ2n) is 3.56. The maximum Gasteiger partial charge on any atom is 0.133 e. The van der Waals surface area contributed by atoms with Crippen molar-refractivity contribution in [2.45, 2.75) is 12.5 Å². The number of hydrogen-bond acceptors (Lipinski definition) is 4. The summed E-state index contributed by atoms with van der Waals surface area (Å²) < 4.78 is 10.3. The lowest BCUT2D eigenvalue weighted by atomic mass is 10.2. The highest BCUT2D eigenvalue weighted by molar-refractivity contribution is 5.02. The van der Waals surface area contributed by atoms with Gasteiger partial charge in [0.2, 0.25) is 0 Å². The first-order valence-corrected chi connectivity index (χ1v) is 5.31. The minimum Gasteiger partial charge on any atom is -0.469 e. The highest BCUT2D eigenvalue weighted by Crippen LogP contribution is 2.11. The molecular weight excluding hydrogens is 206 g/mol. The van der Waals surface area contributed by atoms with Gasteiger partial charge in [-0.15, -0.1) is 0 Å². The predicted octanol–water partition coefficient (Wildman–Crippen LogP) is 1.74. The largest absolute Gasteiger partial charge is 0.469 e. The van der Waals surface area contributed by atoms with Crippen LogP contribution >= 0.6 is 0 Å². The van der Waals surface area contributed by atoms with Gasteiger partial charge in [0.15, 0.2) is 0 Å². The summed E-state index contributed by atoms with van der Waals surface area (Å²) in [7, 11) is 0. The van der Waals surface area contributed by atoms with E-state index in [1.54, 1.807) is 24.7 Å². The summed E-state index contributed by atoms with van der Waals surface area (Å²) in [4.78, 5) is 0. The van der Waals surface area contributed by atoms with Crippen LogP contribution in [0.2, 0.25) is 0 Å². The van der Waals surface area contributed by atoms with Crippen LogP contribution in [0.5, 0.6) is 0 Å². The van der Waals surface area contributed by atoms with Gasteiger partial charge >= 0.3 is 0 Å². The lowest BCUT2D eigenvalue weighted by Gasteiger charge is -2.08. The summed E-state index contributed by atoms with van der Waals surface area (Å²) in [5, 5.41) is 12.8. The van der Waals surface area contributed by atoms with Crippen molar-refractivity contribution in [1.82, 2.24) is 5.32 Å². The van der Waals surface area contributed by atoms with Crippen molar-refractivity contribution in [2.75, 3.05) is 13.1 Å². The number of rotatable bonds is 6. The topological polar surface area (TPSA) is 58.5 Å². The van der Waals surface area contributed by atoms with E-state index in [-0.39, 0.29) is 0 Å². The van der Waals surface area contributed by atoms with Gasteiger partial charge in [0.05, 0.1) is 12.5 Å². The number of aliphatic hydroxyl groups is 1. The molecule has 0 spiro atoms. The number of nitrogens with one attached hydrogen (secondary N) is 1. The molecule has 0 fully saturated rings. The molecule has 4 heteroatoms. The quantitative estimate of drug-likeness (QED) is 0.729. The third kappa shape index (κ3) is 2.98. The van der Waals surface area contributed by atoms with Crippen molar-refractivity contribution in [3.05, 3.63) is 48.3 Å². The van der Waals surface area contributed by atoms with E-state index < -0.39 is 6.10 Å². The van der Waals surface area contributed by atoms with Crippen LogP contribution in [0.25, 0.3) is 0 Å². The van der Waals surface area contributed by atoms with Crippen molar-refractivity contribution >= 4 is 0 Å². The average Bonchev–Trinajstić information content (AvgIpc) is 2.96. The van der Waals surface area contributed by atoms with Gasteiger partial charge in [0.1, 0.15) is 17.6 Å². The number of hydrogen-bond donors (Lipinski definition) is 2. The molecule has 2 aromatic heterocycles. The minimum absolute atomic E-state index is 0.480. The van der Waals surface area contributed by atoms with E-state index in [4.69, 9.17) is 8.83 Å². The Morgan fingerprint density at radius 1 is 1.19 bits per heavy atom. The van der Waals surface area contributed by atoms with E-state index in [1.165, 1.54) is 0 Å². The molecule has 0 amide bonds. The maximum atomic E-state index is 9.69. The average molecular weight is 221 g/mol. The van der Waals surface area contributed by atoms with E-state index in [1.807, 2.05) is 12.1 Å². The van der Waals surface area contributed by atoms with E-state index >= 15 is 0 Å². The van der Waals surface area contributed by atoms with Crippen molar-refractivity contribution in [2.24, 2.45) is 0 Å². The maximum absolute atomic E-state index is 9.69. The molecule has 0 aromatic carbocycles. The van der Waals surface area contributed by atoms with Gasteiger partial charge in [-0.3, -0.25) is 0 Å². The highest BCUT2D eigenvalue weighted by Gasteiger charge is 2.08. The molecule has 0 bridgehead atoms. The molecule has 0 radical (unpaired) electrons. The molecule has 0 saturated heterocycles. The Labute approximate surface area is 93.9 Å². The molecule has 1 atom stereocenters. The van der Waals surface area contributed by atoms with Crippen molar-refractivity contribution in [1.29, 1.82) is 0 Å². The molecule has 0 aliphatic rings. The van der Waals surface area contributed by atoms with Gasteiger partial charge in [0.25, 0.3) is 0 Å². The Hall–Kier alpha value is -1.52. The molecule has 2 heterocycles. The van der Waals surface area contributed by atoms with Gasteiger partial charge in [-0.25, -0.2) is 0 Å². The number of aliphatic hydroxyl groups excluding tert-OH is 1. The first-order valence-electron chi connectivity index (χ1n) is 5.31. The van der Waals surface area contributed by atoms with Crippen molar-refractivity contribution < 1.29 is 13.9 Å². The Bertz CT molecular complexity index is 380. The zero-order valence-corrected chi connectivity index (χ0v) is 8.93. The fraction of sp³-hybridized carbons (Fsp3) is 0.333. The summed E-state index contributed by atoms with van der Waals surface area (Å²) in [5.41, 5.74) is 0. The summed E-state index contributed by atoms with van der Waals surface area (Å²) in [6.45, 7) is 1.25. The molecule has 2 N–H and O–H groups in total. The van der Waals surface area contributed by atoms with E-state index in [0.29, 0.717) is 12.3 Å². The van der Waals surface area contributed by atoms with Gasteiger partial charge in [0, 0.05) is 19.5 Å². The highest BCUT2D eigenvalue weighted by atomic mass is 16.4. The van der Waals surface area contributed by atoms with Crippen LogP contribution in [-0.4, -0.2) is 18.2 Å². The van der Waals surface area contributed by atoms with Gasteiger partial charge < -0.3 is 19.3 Å². The zero-order chi connectivity index (χ0) is 11.2. The Kier molecular flexibility index (Phi) is 3.80. The molecule has 86 valence electrons. The van der Waals surface area contributed by atoms with Crippen LogP contribution in [0.1, 0.15) is 17.6 Å². The molecule has 2 aromatic rings. The van der Waals surface area contributed by atoms with Crippen molar-refractivity contribution in [3.63, 3.8) is 0 Å². The molecule has 16 heavy (non-hydrogen) atoms. The standard InChI is InChI=1S/C12H15NO3/c14-11(12-4-2-8-16-12)9-13-6-5-10-3-1-7-15-10/h1-4,7-8,11,13-14H,5-6,9H2. The normalized spacial score (nSPS) is 12.8. The smallest absolute Gasteiger partial charge is 0.133 e. The van der Waals surface area contributed by atoms with Crippen LogP contribution in [0.15, 0.2) is 45.6 Å². The van der Waals surface area contributed by atoms with E-state index in [9.17, 15) is 5.11 Å². The molecule has 0 aliphatic heterocycles. The minimum atomic E-state index is -0.591. The van der Waals surface area contributed by atoms with Crippen molar-refractivity contribution in [3.8, 4) is 0 Å². The van der Waals surface area contributed by atoms with E-state index in [2.05, 4.69) is 5.32 Å². The summed E-state index contributed by atoms with van der Waals surface area (Å²) in [6, 6.07) is 7.33. The monoisotopic (exact) mass is 221 g/mol. The molecule has 1 unspecified atom stereocenters. The second-order valence-corrected chi connectivity index (χ2v) is 3.56. The summed E-state index contributed by atoms with van der Waals surface area (Å²) >= 11 is 0. The lowest BCUT2D eigenvalue weighted by Crippen LogP contribution is -2.23. The van der Waals surface area contributed by atoms with Crippen LogP contribution < -0.4 is 5.32 Å². The van der Waals surface area contributed by atoms with Crippen LogP contribution in [0.4, 0.5) is 0 Å². The Balaban J connectivity index is 1.65. The zero-order valence-electron chi connectivity index (χ0n) is 8.93. The molecular formula is C12H15NO3. The first kappa shape index (κ1) is 11.0. The number of furan rings is 2. The Morgan fingerprint density at radius 3 is 2.69 bits per heavy atom. The molecule has 0 saturated carbocycles. The summed E-state index contributed by atoms with van der Waals surface area (Å²) in [5.74, 6) is 1.53. The summed E-state index contributed by atoms with van der Waals surface area (Å²) in [6.07, 6.45) is 3.44. The van der Waals surface area contributed by atoms with E-state index in [0.717, 1.165) is 18.7 Å². The van der Waals surface area contributed by atoms with Gasteiger partial charge in [-0.2, -0.15) is 0 Å².